The van der Waals surface area contributed by atoms with Gasteiger partial charge < -0.3 is 9.63 Å². The molecule has 1 saturated carbocycles. The molecule has 4 nitrogen and oxygen atoms in total. The number of carbonyl (C=O) groups is 1. The molecule has 0 radical (unpaired) electrons. The van der Waals surface area contributed by atoms with Crippen LogP contribution in [-0.2, 0) is 6.42 Å². The number of nitrogens with zero attached hydrogens (tertiary/aromatic N) is 1. The van der Waals surface area contributed by atoms with Crippen LogP contribution in [0.15, 0.2) is 28.8 Å². The SMILES string of the molecule is Cc1ccc(O)c(CC(=O)c2cc(C3CC3)on2)c1. The average Bonchev–Trinajstić information content (AvgIpc) is 3.11. The number of ketones is 1. The lowest BCUT2D eigenvalue weighted by Crippen LogP contribution is -2.04. The molecule has 1 fully saturated rings. The smallest absolute Gasteiger partial charge is 0.189 e. The molecule has 0 saturated heterocycles. The maximum atomic E-state index is 12.1. The molecular weight excluding hydrogens is 242 g/mol. The number of phenols is 1. The second kappa shape index (κ2) is 4.53. The highest BCUT2D eigenvalue weighted by atomic mass is 16.5. The highest BCUT2D eigenvalue weighted by Gasteiger charge is 2.28. The van der Waals surface area contributed by atoms with Crippen molar-refractivity contribution in [3.8, 4) is 5.75 Å². The number of Topliss-reactive ketones (excluding diaryl/α,β-unsaturated/α-hetero) is 1. The number of carbonyl (C=O) groups excluding carboxylic acids is 1. The number of aryl methyl sites for hydroxylation is 1. The lowest BCUT2D eigenvalue weighted by atomic mass is 10.0. The zero-order chi connectivity index (χ0) is 13.4. The summed E-state index contributed by atoms with van der Waals surface area (Å²) in [5, 5.41) is 13.6. The summed E-state index contributed by atoms with van der Waals surface area (Å²) in [5.41, 5.74) is 1.99. The molecule has 0 atom stereocenters. The van der Waals surface area contributed by atoms with E-state index in [0.29, 0.717) is 17.2 Å². The van der Waals surface area contributed by atoms with Crippen LogP contribution in [0.25, 0.3) is 0 Å². The molecular formula is C15H15NO3. The number of hydrogen-bond donors (Lipinski definition) is 1. The maximum absolute atomic E-state index is 12.1. The van der Waals surface area contributed by atoms with E-state index < -0.39 is 0 Å². The van der Waals surface area contributed by atoms with Gasteiger partial charge in [-0.3, -0.25) is 4.79 Å². The summed E-state index contributed by atoms with van der Waals surface area (Å²) in [4.78, 5) is 12.1. The maximum Gasteiger partial charge on any atom is 0.189 e. The zero-order valence-corrected chi connectivity index (χ0v) is 10.7. The Morgan fingerprint density at radius 3 is 2.95 bits per heavy atom. The number of aromatic nitrogens is 1. The summed E-state index contributed by atoms with van der Waals surface area (Å²) < 4.78 is 5.17. The van der Waals surface area contributed by atoms with Crippen LogP contribution in [0.2, 0.25) is 0 Å². The third-order valence-corrected chi connectivity index (χ3v) is 3.38. The summed E-state index contributed by atoms with van der Waals surface area (Å²) in [6, 6.07) is 6.96. The molecule has 1 heterocycles. The van der Waals surface area contributed by atoms with Gasteiger partial charge in [-0.1, -0.05) is 22.9 Å². The number of phenolic OH excluding ortho intramolecular Hbond substituents is 1. The van der Waals surface area contributed by atoms with E-state index in [1.165, 1.54) is 0 Å². The molecule has 0 bridgehead atoms. The van der Waals surface area contributed by atoms with Crippen molar-refractivity contribution >= 4 is 5.78 Å². The van der Waals surface area contributed by atoms with Crippen LogP contribution in [0, 0.1) is 6.92 Å². The first-order valence-electron chi connectivity index (χ1n) is 6.42. The van der Waals surface area contributed by atoms with Crippen molar-refractivity contribution in [2.75, 3.05) is 0 Å². The van der Waals surface area contributed by atoms with E-state index in [1.807, 2.05) is 19.1 Å². The normalized spacial score (nSPS) is 14.6. The molecule has 0 spiro atoms. The van der Waals surface area contributed by atoms with Crippen LogP contribution < -0.4 is 0 Å². The van der Waals surface area contributed by atoms with E-state index in [4.69, 9.17) is 4.52 Å². The summed E-state index contributed by atoms with van der Waals surface area (Å²) in [6.45, 7) is 1.93. The van der Waals surface area contributed by atoms with Crippen molar-refractivity contribution in [2.24, 2.45) is 0 Å². The number of aromatic hydroxyl groups is 1. The quantitative estimate of drug-likeness (QED) is 0.855. The fourth-order valence-electron chi connectivity index (χ4n) is 2.10. The van der Waals surface area contributed by atoms with E-state index in [-0.39, 0.29) is 18.0 Å². The molecule has 0 unspecified atom stereocenters. The minimum absolute atomic E-state index is 0.128. The molecule has 2 aromatic rings. The summed E-state index contributed by atoms with van der Waals surface area (Å²) in [6.07, 6.45) is 2.37. The predicted molar refractivity (Wildman–Crippen MR) is 69.4 cm³/mol. The minimum Gasteiger partial charge on any atom is -0.508 e. The van der Waals surface area contributed by atoms with Gasteiger partial charge in [0.15, 0.2) is 5.78 Å². The zero-order valence-electron chi connectivity index (χ0n) is 10.7. The van der Waals surface area contributed by atoms with Gasteiger partial charge in [0.25, 0.3) is 0 Å². The Bertz CT molecular complexity index is 626. The topological polar surface area (TPSA) is 63.3 Å². The van der Waals surface area contributed by atoms with E-state index in [2.05, 4.69) is 5.16 Å². The van der Waals surface area contributed by atoms with Gasteiger partial charge in [-0.25, -0.2) is 0 Å². The van der Waals surface area contributed by atoms with Gasteiger partial charge in [0.2, 0.25) is 0 Å². The molecule has 98 valence electrons. The van der Waals surface area contributed by atoms with Gasteiger partial charge in [-0.15, -0.1) is 0 Å². The van der Waals surface area contributed by atoms with Crippen molar-refractivity contribution in [1.82, 2.24) is 5.16 Å². The third kappa shape index (κ3) is 2.52. The van der Waals surface area contributed by atoms with Gasteiger partial charge in [0, 0.05) is 24.0 Å². The molecule has 19 heavy (non-hydrogen) atoms. The Labute approximate surface area is 111 Å². The van der Waals surface area contributed by atoms with Gasteiger partial charge in [0.1, 0.15) is 17.2 Å². The monoisotopic (exact) mass is 257 g/mol. The van der Waals surface area contributed by atoms with Crippen molar-refractivity contribution in [1.29, 1.82) is 0 Å². The molecule has 3 rings (SSSR count). The van der Waals surface area contributed by atoms with Crippen LogP contribution in [0.4, 0.5) is 0 Å². The molecule has 1 aromatic carbocycles. The average molecular weight is 257 g/mol. The van der Waals surface area contributed by atoms with Gasteiger partial charge in [-0.05, 0) is 25.8 Å². The fraction of sp³-hybridized carbons (Fsp3) is 0.333. The highest BCUT2D eigenvalue weighted by molar-refractivity contribution is 5.96. The Morgan fingerprint density at radius 2 is 2.21 bits per heavy atom. The Morgan fingerprint density at radius 1 is 1.42 bits per heavy atom. The first kappa shape index (κ1) is 12.0. The van der Waals surface area contributed by atoms with Gasteiger partial charge in [-0.2, -0.15) is 0 Å². The van der Waals surface area contributed by atoms with Crippen LogP contribution in [0.3, 0.4) is 0 Å². The Balaban J connectivity index is 1.77. The first-order valence-corrected chi connectivity index (χ1v) is 6.42. The Kier molecular flexibility index (Phi) is 2.85. The standard InChI is InChI=1S/C15H15NO3/c1-9-2-5-13(17)11(6-9)7-14(18)12-8-15(19-16-12)10-3-4-10/h2,5-6,8,10,17H,3-4,7H2,1H3. The summed E-state index contributed by atoms with van der Waals surface area (Å²) >= 11 is 0. The second-order valence-electron chi connectivity index (χ2n) is 5.12. The first-order chi connectivity index (χ1) is 9.13. The largest absolute Gasteiger partial charge is 0.508 e. The molecule has 1 aliphatic rings. The lowest BCUT2D eigenvalue weighted by Gasteiger charge is -2.03. The summed E-state index contributed by atoms with van der Waals surface area (Å²) in [7, 11) is 0. The van der Waals surface area contributed by atoms with Crippen molar-refractivity contribution in [3.63, 3.8) is 0 Å². The van der Waals surface area contributed by atoms with Gasteiger partial charge in [0.05, 0.1) is 0 Å². The van der Waals surface area contributed by atoms with E-state index in [0.717, 1.165) is 24.2 Å². The number of rotatable bonds is 4. The van der Waals surface area contributed by atoms with Crippen molar-refractivity contribution < 1.29 is 14.4 Å². The highest BCUT2D eigenvalue weighted by Crippen LogP contribution is 2.40. The molecule has 4 heteroatoms. The van der Waals surface area contributed by atoms with E-state index in [9.17, 15) is 9.90 Å². The number of benzene rings is 1. The van der Waals surface area contributed by atoms with E-state index in [1.54, 1.807) is 12.1 Å². The second-order valence-corrected chi connectivity index (χ2v) is 5.12. The Hall–Kier alpha value is -2.10. The van der Waals surface area contributed by atoms with Gasteiger partial charge >= 0.3 is 0 Å². The molecule has 1 N–H and O–H groups in total. The lowest BCUT2D eigenvalue weighted by molar-refractivity contribution is 0.0983. The van der Waals surface area contributed by atoms with E-state index >= 15 is 0 Å². The predicted octanol–water partition coefficient (Wildman–Crippen LogP) is 2.99. The molecule has 0 amide bonds. The fourth-order valence-corrected chi connectivity index (χ4v) is 2.10. The van der Waals surface area contributed by atoms with Crippen LogP contribution in [0.1, 0.15) is 46.1 Å². The van der Waals surface area contributed by atoms with Crippen molar-refractivity contribution in [2.45, 2.75) is 32.1 Å². The van der Waals surface area contributed by atoms with Crippen LogP contribution >= 0.6 is 0 Å². The number of hydrogen-bond acceptors (Lipinski definition) is 4. The molecule has 0 aliphatic heterocycles. The molecule has 1 aromatic heterocycles. The summed E-state index contributed by atoms with van der Waals surface area (Å²) in [5.74, 6) is 1.26. The molecule has 1 aliphatic carbocycles. The van der Waals surface area contributed by atoms with Crippen LogP contribution in [0.5, 0.6) is 5.75 Å². The minimum atomic E-state index is -0.128. The van der Waals surface area contributed by atoms with Crippen LogP contribution in [-0.4, -0.2) is 16.0 Å². The van der Waals surface area contributed by atoms with Crippen molar-refractivity contribution in [3.05, 3.63) is 46.8 Å². The third-order valence-electron chi connectivity index (χ3n) is 3.38.